The molecular weight excluding hydrogens is 640 g/mol. The van der Waals surface area contributed by atoms with Gasteiger partial charge in [0.05, 0.1) is 0 Å². The van der Waals surface area contributed by atoms with Gasteiger partial charge in [-0.05, 0) is 97.9 Å². The van der Waals surface area contributed by atoms with Gasteiger partial charge in [-0.25, -0.2) is 0 Å². The number of hydrogen-bond donors (Lipinski definition) is 1. The minimum Gasteiger partial charge on any atom is -0.481 e. The van der Waals surface area contributed by atoms with Crippen molar-refractivity contribution in [1.29, 1.82) is 0 Å². The third-order valence-electron chi connectivity index (χ3n) is 14.6. The molecule has 10 atom stereocenters. The summed E-state index contributed by atoms with van der Waals surface area (Å²) in [5.74, 6) is -2.03. The van der Waals surface area contributed by atoms with Gasteiger partial charge in [0.1, 0.15) is 12.2 Å². The first-order valence-corrected chi connectivity index (χ1v) is 19.1. The van der Waals surface area contributed by atoms with E-state index in [1.165, 1.54) is 19.4 Å². The summed E-state index contributed by atoms with van der Waals surface area (Å²) in [6.45, 7) is 9.74. The number of benzene rings is 1. The Morgan fingerprint density at radius 2 is 1.50 bits per heavy atom. The van der Waals surface area contributed by atoms with E-state index in [0.29, 0.717) is 50.9 Å². The van der Waals surface area contributed by atoms with E-state index in [9.17, 15) is 19.5 Å². The summed E-state index contributed by atoms with van der Waals surface area (Å²) < 4.78 is 12.5. The van der Waals surface area contributed by atoms with Gasteiger partial charge in [0.2, 0.25) is 11.6 Å². The minimum absolute atomic E-state index is 0.0888. The summed E-state index contributed by atoms with van der Waals surface area (Å²) >= 11 is 0. The lowest BCUT2D eigenvalue weighted by Gasteiger charge is -2.65. The van der Waals surface area contributed by atoms with Crippen molar-refractivity contribution in [3.05, 3.63) is 35.9 Å². The van der Waals surface area contributed by atoms with E-state index in [4.69, 9.17) is 29.0 Å². The highest BCUT2D eigenvalue weighted by molar-refractivity contribution is 5.67. The van der Waals surface area contributed by atoms with Crippen molar-refractivity contribution in [3.63, 3.8) is 0 Å². The van der Waals surface area contributed by atoms with Gasteiger partial charge in [0.25, 0.3) is 0 Å². The number of carbonyl (C=O) groups excluding carboxylic acids is 2. The van der Waals surface area contributed by atoms with Gasteiger partial charge in [-0.1, -0.05) is 51.1 Å². The van der Waals surface area contributed by atoms with Crippen LogP contribution in [0, 0.1) is 46.3 Å². The second-order valence-corrected chi connectivity index (χ2v) is 17.2. The zero-order valence-corrected chi connectivity index (χ0v) is 30.4. The number of carbonyl (C=O) groups is 3. The number of esters is 2. The molecule has 1 N–H and O–H groups in total. The van der Waals surface area contributed by atoms with Crippen molar-refractivity contribution in [2.24, 2.45) is 46.3 Å². The van der Waals surface area contributed by atoms with Gasteiger partial charge >= 0.3 is 17.9 Å². The molecule has 1 aliphatic heterocycles. The van der Waals surface area contributed by atoms with Crippen molar-refractivity contribution < 1.29 is 48.5 Å². The summed E-state index contributed by atoms with van der Waals surface area (Å²) in [4.78, 5) is 61.7. The molecule has 276 valence electrons. The first kappa shape index (κ1) is 35.9. The maximum atomic E-state index is 12.7. The molecule has 10 nitrogen and oxygen atoms in total. The van der Waals surface area contributed by atoms with Gasteiger partial charge in [-0.15, -0.1) is 0 Å². The van der Waals surface area contributed by atoms with Crippen LogP contribution in [-0.4, -0.2) is 46.8 Å². The van der Waals surface area contributed by atoms with Gasteiger partial charge in [0, 0.05) is 57.3 Å². The molecule has 0 aromatic heterocycles. The average molecular weight is 697 g/mol. The molecule has 50 heavy (non-hydrogen) atoms. The van der Waals surface area contributed by atoms with Crippen LogP contribution in [0.4, 0.5) is 0 Å². The number of aliphatic carboxylic acids is 1. The van der Waals surface area contributed by atoms with E-state index < -0.39 is 17.5 Å². The van der Waals surface area contributed by atoms with Crippen molar-refractivity contribution in [3.8, 4) is 0 Å². The predicted molar refractivity (Wildman–Crippen MR) is 181 cm³/mol. The zero-order chi connectivity index (χ0) is 35.5. The van der Waals surface area contributed by atoms with E-state index in [0.717, 1.165) is 32.1 Å². The third-order valence-corrected chi connectivity index (χ3v) is 14.6. The molecule has 1 saturated heterocycles. The molecule has 10 heteroatoms. The normalized spacial score (nSPS) is 44.4. The highest BCUT2D eigenvalue weighted by atomic mass is 17.4. The Labute approximate surface area is 296 Å². The van der Waals surface area contributed by atoms with Gasteiger partial charge in [-0.3, -0.25) is 14.4 Å². The predicted octanol–water partition coefficient (Wildman–Crippen LogP) is 7.89. The second-order valence-electron chi connectivity index (χ2n) is 17.2. The molecule has 6 aliphatic rings. The molecule has 5 aliphatic carbocycles. The molecule has 1 aromatic rings. The Morgan fingerprint density at radius 1 is 0.840 bits per heavy atom. The van der Waals surface area contributed by atoms with E-state index in [-0.39, 0.29) is 76.9 Å². The fourth-order valence-electron chi connectivity index (χ4n) is 12.1. The van der Waals surface area contributed by atoms with Crippen LogP contribution in [0.2, 0.25) is 0 Å². The fourth-order valence-corrected chi connectivity index (χ4v) is 12.1. The Hall–Kier alpha value is -2.53. The maximum Gasteiger partial charge on any atom is 0.303 e. The number of fused-ring (bicyclic) bond motifs is 5. The summed E-state index contributed by atoms with van der Waals surface area (Å²) in [5, 5.41) is 9.44. The summed E-state index contributed by atoms with van der Waals surface area (Å²) in [6.07, 6.45) is 8.44. The van der Waals surface area contributed by atoms with Crippen LogP contribution >= 0.6 is 0 Å². The van der Waals surface area contributed by atoms with Crippen LogP contribution in [0.1, 0.15) is 130 Å². The Morgan fingerprint density at radius 3 is 2.14 bits per heavy atom. The zero-order valence-electron chi connectivity index (χ0n) is 30.4. The highest BCUT2D eigenvalue weighted by Crippen LogP contribution is 2.70. The molecule has 0 radical (unpaired) electrons. The number of ether oxygens (including phenoxy) is 2. The summed E-state index contributed by atoms with van der Waals surface area (Å²) in [5.41, 5.74) is 0.836. The number of carboxylic acid groups (broad SMARTS) is 1. The van der Waals surface area contributed by atoms with Crippen LogP contribution in [0.5, 0.6) is 0 Å². The van der Waals surface area contributed by atoms with Crippen molar-refractivity contribution in [1.82, 2.24) is 0 Å². The van der Waals surface area contributed by atoms with Crippen LogP contribution < -0.4 is 0 Å². The van der Waals surface area contributed by atoms with E-state index in [1.807, 2.05) is 6.07 Å². The number of hydrogen-bond acceptors (Lipinski definition) is 9. The molecule has 0 bridgehead atoms. The van der Waals surface area contributed by atoms with Crippen molar-refractivity contribution >= 4 is 17.9 Å². The highest BCUT2D eigenvalue weighted by Gasteiger charge is 2.69. The molecule has 7 rings (SSSR count). The molecule has 5 saturated carbocycles. The molecule has 0 amide bonds. The first-order chi connectivity index (χ1) is 23.8. The SMILES string of the molecule is CC(=O)O[C@H]1C[C@@H]2CC3(CC[C@]2(C)C2C[C@H](OC(C)=O)[C@@]4(C)C(CC[C@@H]4C(C)CCC(=O)O)C21)OOC1(CCC(c2ccccc2)CC1)OO3. The molecule has 2 spiro atoms. The Kier molecular flexibility index (Phi) is 9.66. The average Bonchev–Trinajstić information content (AvgIpc) is 3.45. The van der Waals surface area contributed by atoms with E-state index >= 15 is 0 Å². The van der Waals surface area contributed by atoms with Gasteiger partial charge < -0.3 is 14.6 Å². The number of carboxylic acids is 1. The van der Waals surface area contributed by atoms with Crippen LogP contribution in [-0.2, 0) is 43.4 Å². The topological polar surface area (TPSA) is 127 Å². The van der Waals surface area contributed by atoms with Crippen molar-refractivity contribution in [2.75, 3.05) is 0 Å². The van der Waals surface area contributed by atoms with E-state index in [1.54, 1.807) is 0 Å². The quantitative estimate of drug-likeness (QED) is 0.222. The smallest absolute Gasteiger partial charge is 0.303 e. The standard InChI is InChI=1S/C40H56O10/c1-24(11-14-35(43)44)30-12-13-31-36-32(22-34(38(30,31)5)46-26(3)42)37(4)19-20-40(23-29(37)21-33(36)45-25(2)41)49-47-39(48-50-40)17-15-28(16-18-39)27-9-7-6-8-10-27/h6-10,24,28-34,36H,11-23H2,1-5H3,(H,43,44)/t24?,28?,29-,30-,31?,32?,33+,34+,36?,37+,38-,39?,40?/m1/s1. The maximum absolute atomic E-state index is 12.7. The largest absolute Gasteiger partial charge is 0.481 e. The summed E-state index contributed by atoms with van der Waals surface area (Å²) in [6, 6.07) is 10.6. The van der Waals surface area contributed by atoms with E-state index in [2.05, 4.69) is 45.0 Å². The molecule has 4 unspecified atom stereocenters. The van der Waals surface area contributed by atoms with Crippen LogP contribution in [0.15, 0.2) is 30.3 Å². The fraction of sp³-hybridized carbons (Fsp3) is 0.775. The minimum atomic E-state index is -1.05. The first-order valence-electron chi connectivity index (χ1n) is 19.1. The monoisotopic (exact) mass is 696 g/mol. The van der Waals surface area contributed by atoms with Crippen LogP contribution in [0.25, 0.3) is 0 Å². The number of rotatable bonds is 7. The molecule has 6 fully saturated rings. The lowest BCUT2D eigenvalue weighted by Crippen LogP contribution is -2.65. The van der Waals surface area contributed by atoms with Crippen molar-refractivity contribution in [2.45, 2.75) is 148 Å². The molecule has 1 aromatic carbocycles. The van der Waals surface area contributed by atoms with Gasteiger partial charge in [0.15, 0.2) is 0 Å². The van der Waals surface area contributed by atoms with Crippen LogP contribution in [0.3, 0.4) is 0 Å². The molecule has 1 heterocycles. The van der Waals surface area contributed by atoms with Gasteiger partial charge in [-0.2, -0.15) is 19.6 Å². The third kappa shape index (κ3) is 6.30. The Balaban J connectivity index is 1.10. The molecular formula is C40H56O10. The lowest BCUT2D eigenvalue weighted by molar-refractivity contribution is -0.665. The summed E-state index contributed by atoms with van der Waals surface area (Å²) in [7, 11) is 0. The lowest BCUT2D eigenvalue weighted by atomic mass is 9.42. The second kappa shape index (κ2) is 13.5. The Bertz CT molecular complexity index is 1410.